The van der Waals surface area contributed by atoms with E-state index in [9.17, 15) is 5.11 Å². The summed E-state index contributed by atoms with van der Waals surface area (Å²) in [7, 11) is 0. The van der Waals surface area contributed by atoms with Crippen molar-refractivity contribution in [3.05, 3.63) is 30.0 Å². The molecule has 3 heteroatoms. The Morgan fingerprint density at radius 3 is 3.00 bits per heavy atom. The number of rotatable bonds is 2. The molecule has 0 spiro atoms. The third-order valence-electron chi connectivity index (χ3n) is 2.04. The number of nitrogens with one attached hydrogen (secondary N) is 1. The van der Waals surface area contributed by atoms with Gasteiger partial charge in [0, 0.05) is 17.5 Å². The van der Waals surface area contributed by atoms with Gasteiger partial charge in [-0.2, -0.15) is 5.10 Å². The summed E-state index contributed by atoms with van der Waals surface area (Å²) in [4.78, 5) is 0. The van der Waals surface area contributed by atoms with Gasteiger partial charge in [0.15, 0.2) is 0 Å². The van der Waals surface area contributed by atoms with E-state index in [-0.39, 0.29) is 6.10 Å². The molecular weight excluding hydrogens is 164 g/mol. The number of benzene rings is 1. The van der Waals surface area contributed by atoms with Crippen LogP contribution in [0.4, 0.5) is 0 Å². The first kappa shape index (κ1) is 8.26. The monoisotopic (exact) mass is 176 g/mol. The van der Waals surface area contributed by atoms with E-state index in [0.717, 1.165) is 16.6 Å². The number of aromatic nitrogens is 2. The van der Waals surface area contributed by atoms with E-state index >= 15 is 0 Å². The van der Waals surface area contributed by atoms with Crippen LogP contribution in [0, 0.1) is 0 Å². The zero-order chi connectivity index (χ0) is 9.26. The Morgan fingerprint density at radius 2 is 2.23 bits per heavy atom. The van der Waals surface area contributed by atoms with E-state index in [1.54, 1.807) is 6.92 Å². The number of nitrogens with zero attached hydrogens (tertiary/aromatic N) is 1. The summed E-state index contributed by atoms with van der Waals surface area (Å²) < 4.78 is 0. The van der Waals surface area contributed by atoms with Crippen LogP contribution in [-0.4, -0.2) is 21.4 Å². The van der Waals surface area contributed by atoms with Gasteiger partial charge in [0.05, 0.1) is 11.6 Å². The van der Waals surface area contributed by atoms with E-state index in [1.165, 1.54) is 0 Å². The van der Waals surface area contributed by atoms with Crippen molar-refractivity contribution in [3.8, 4) is 0 Å². The van der Waals surface area contributed by atoms with Crippen molar-refractivity contribution in [3.63, 3.8) is 0 Å². The first-order valence-corrected chi connectivity index (χ1v) is 4.37. The molecule has 0 fully saturated rings. The number of para-hydroxylation sites is 1. The quantitative estimate of drug-likeness (QED) is 0.728. The van der Waals surface area contributed by atoms with Crippen LogP contribution >= 0.6 is 0 Å². The lowest BCUT2D eigenvalue weighted by Crippen LogP contribution is -2.04. The molecule has 3 nitrogen and oxygen atoms in total. The van der Waals surface area contributed by atoms with E-state index in [1.807, 2.05) is 24.3 Å². The van der Waals surface area contributed by atoms with Crippen LogP contribution in [0.15, 0.2) is 24.3 Å². The highest BCUT2D eigenvalue weighted by Crippen LogP contribution is 2.16. The molecule has 2 aromatic rings. The molecule has 0 unspecified atom stereocenters. The minimum absolute atomic E-state index is 0.330. The molecule has 2 N–H and O–H groups in total. The predicted octanol–water partition coefficient (Wildman–Crippen LogP) is 1.49. The summed E-state index contributed by atoms with van der Waals surface area (Å²) in [5.74, 6) is 0. The molecule has 0 saturated carbocycles. The van der Waals surface area contributed by atoms with Crippen LogP contribution in [-0.2, 0) is 6.42 Å². The average molecular weight is 176 g/mol. The summed E-state index contributed by atoms with van der Waals surface area (Å²) in [5, 5.41) is 17.4. The van der Waals surface area contributed by atoms with Gasteiger partial charge in [-0.3, -0.25) is 5.10 Å². The Morgan fingerprint density at radius 1 is 1.46 bits per heavy atom. The second-order valence-electron chi connectivity index (χ2n) is 3.27. The second-order valence-corrected chi connectivity index (χ2v) is 3.27. The van der Waals surface area contributed by atoms with Crippen LogP contribution in [0.1, 0.15) is 12.6 Å². The van der Waals surface area contributed by atoms with Crippen LogP contribution in [0.25, 0.3) is 10.9 Å². The summed E-state index contributed by atoms with van der Waals surface area (Å²) >= 11 is 0. The average Bonchev–Trinajstić information content (AvgIpc) is 2.48. The van der Waals surface area contributed by atoms with Gasteiger partial charge in [0.1, 0.15) is 0 Å². The summed E-state index contributed by atoms with van der Waals surface area (Å²) in [5.41, 5.74) is 1.96. The topological polar surface area (TPSA) is 48.9 Å². The lowest BCUT2D eigenvalue weighted by atomic mass is 10.1. The van der Waals surface area contributed by atoms with Gasteiger partial charge in [-0.1, -0.05) is 18.2 Å². The minimum Gasteiger partial charge on any atom is -0.393 e. The molecule has 1 atom stereocenters. The smallest absolute Gasteiger partial charge is 0.0923 e. The standard InChI is InChI=1S/C10H12N2O/c1-7(13)6-10-8-4-2-3-5-9(8)11-12-10/h2-5,7,13H,6H2,1H3,(H,11,12)/t7-/m1/s1. The highest BCUT2D eigenvalue weighted by molar-refractivity contribution is 5.81. The van der Waals surface area contributed by atoms with Crippen LogP contribution in [0.2, 0.25) is 0 Å². The van der Waals surface area contributed by atoms with Crippen molar-refractivity contribution < 1.29 is 5.11 Å². The molecule has 0 bridgehead atoms. The van der Waals surface area contributed by atoms with Crippen molar-refractivity contribution in [2.45, 2.75) is 19.4 Å². The van der Waals surface area contributed by atoms with Gasteiger partial charge in [-0.25, -0.2) is 0 Å². The summed E-state index contributed by atoms with van der Waals surface area (Å²) in [6.07, 6.45) is 0.296. The van der Waals surface area contributed by atoms with E-state index in [4.69, 9.17) is 0 Å². The van der Waals surface area contributed by atoms with E-state index < -0.39 is 0 Å². The summed E-state index contributed by atoms with van der Waals surface area (Å²) in [6.45, 7) is 1.77. The molecule has 1 aromatic carbocycles. The van der Waals surface area contributed by atoms with Crippen molar-refractivity contribution in [1.82, 2.24) is 10.2 Å². The van der Waals surface area contributed by atoms with E-state index in [2.05, 4.69) is 10.2 Å². The third-order valence-corrected chi connectivity index (χ3v) is 2.04. The van der Waals surface area contributed by atoms with Gasteiger partial charge >= 0.3 is 0 Å². The predicted molar refractivity (Wildman–Crippen MR) is 51.5 cm³/mol. The highest BCUT2D eigenvalue weighted by atomic mass is 16.3. The van der Waals surface area contributed by atoms with Crippen LogP contribution in [0.5, 0.6) is 0 Å². The van der Waals surface area contributed by atoms with Gasteiger partial charge < -0.3 is 5.11 Å². The van der Waals surface area contributed by atoms with Crippen LogP contribution in [0.3, 0.4) is 0 Å². The molecule has 2 rings (SSSR count). The fourth-order valence-corrected chi connectivity index (χ4v) is 1.47. The Balaban J connectivity index is 2.46. The maximum atomic E-state index is 9.24. The minimum atomic E-state index is -0.330. The molecule has 13 heavy (non-hydrogen) atoms. The maximum Gasteiger partial charge on any atom is 0.0923 e. The van der Waals surface area contributed by atoms with Gasteiger partial charge in [0.2, 0.25) is 0 Å². The largest absolute Gasteiger partial charge is 0.393 e. The summed E-state index contributed by atoms with van der Waals surface area (Å²) in [6, 6.07) is 7.90. The number of fused-ring (bicyclic) bond motifs is 1. The van der Waals surface area contributed by atoms with Gasteiger partial charge in [-0.15, -0.1) is 0 Å². The molecule has 68 valence electrons. The molecule has 1 heterocycles. The Bertz CT molecular complexity index is 406. The van der Waals surface area contributed by atoms with Crippen molar-refractivity contribution in [2.75, 3.05) is 0 Å². The molecule has 0 radical (unpaired) electrons. The number of aliphatic hydroxyl groups is 1. The SMILES string of the molecule is C[C@@H](O)Cc1[nH]nc2ccccc12. The lowest BCUT2D eigenvalue weighted by molar-refractivity contribution is 0.194. The number of H-pyrrole nitrogens is 1. The fraction of sp³-hybridized carbons (Fsp3) is 0.300. The first-order chi connectivity index (χ1) is 6.27. The molecule has 0 saturated heterocycles. The molecule has 0 aliphatic heterocycles. The third kappa shape index (κ3) is 1.55. The molecule has 0 aliphatic rings. The van der Waals surface area contributed by atoms with E-state index in [0.29, 0.717) is 6.42 Å². The zero-order valence-electron chi connectivity index (χ0n) is 7.49. The molecule has 0 aliphatic carbocycles. The second kappa shape index (κ2) is 3.18. The van der Waals surface area contributed by atoms with Gasteiger partial charge in [-0.05, 0) is 13.0 Å². The zero-order valence-corrected chi connectivity index (χ0v) is 7.49. The van der Waals surface area contributed by atoms with Crippen molar-refractivity contribution in [2.24, 2.45) is 0 Å². The Kier molecular flexibility index (Phi) is 2.02. The number of hydrogen-bond donors (Lipinski definition) is 2. The number of aliphatic hydroxyl groups excluding tert-OH is 1. The van der Waals surface area contributed by atoms with Crippen molar-refractivity contribution in [1.29, 1.82) is 0 Å². The van der Waals surface area contributed by atoms with Crippen molar-refractivity contribution >= 4 is 10.9 Å². The molecular formula is C10H12N2O. The normalized spacial score (nSPS) is 13.4. The molecule has 0 amide bonds. The van der Waals surface area contributed by atoms with Crippen LogP contribution < -0.4 is 0 Å². The van der Waals surface area contributed by atoms with Gasteiger partial charge in [0.25, 0.3) is 0 Å². The lowest BCUT2D eigenvalue weighted by Gasteiger charge is -2.00. The Hall–Kier alpha value is -1.35. The first-order valence-electron chi connectivity index (χ1n) is 4.37. The highest BCUT2D eigenvalue weighted by Gasteiger charge is 2.06. The maximum absolute atomic E-state index is 9.24. The molecule has 1 aromatic heterocycles. The number of aromatic amines is 1. The Labute approximate surface area is 76.4 Å². The fourth-order valence-electron chi connectivity index (χ4n) is 1.47. The number of hydrogen-bond acceptors (Lipinski definition) is 2.